The van der Waals surface area contributed by atoms with Crippen LogP contribution in [-0.4, -0.2) is 30.6 Å². The summed E-state index contributed by atoms with van der Waals surface area (Å²) < 4.78 is 5.49. The average molecular weight is 249 g/mol. The predicted molar refractivity (Wildman–Crippen MR) is 64.8 cm³/mol. The lowest BCUT2D eigenvalue weighted by Crippen LogP contribution is -2.41. The van der Waals surface area contributed by atoms with Gasteiger partial charge in [0.25, 0.3) is 0 Å². The molecule has 2 N–H and O–H groups in total. The van der Waals surface area contributed by atoms with Crippen LogP contribution in [0.4, 0.5) is 0 Å². The summed E-state index contributed by atoms with van der Waals surface area (Å²) in [5, 5.41) is 8.30. The third-order valence-electron chi connectivity index (χ3n) is 2.87. The SMILES string of the molecule is CCOC[C@@H]1SC2=C([C@@H](Cl)NCN2)[C@@H]1C. The second-order valence-electron chi connectivity index (χ2n) is 3.81. The molecule has 0 saturated carbocycles. The van der Waals surface area contributed by atoms with Crippen molar-refractivity contribution in [2.75, 3.05) is 19.9 Å². The Labute approximate surface area is 100.0 Å². The number of halogens is 1. The first-order chi connectivity index (χ1) is 7.24. The Hall–Kier alpha value is 0.100. The van der Waals surface area contributed by atoms with E-state index in [0.29, 0.717) is 11.2 Å². The van der Waals surface area contributed by atoms with Crippen LogP contribution < -0.4 is 10.6 Å². The maximum absolute atomic E-state index is 6.25. The van der Waals surface area contributed by atoms with Gasteiger partial charge in [0.2, 0.25) is 0 Å². The summed E-state index contributed by atoms with van der Waals surface area (Å²) >= 11 is 8.11. The smallest absolute Gasteiger partial charge is 0.109 e. The molecule has 15 heavy (non-hydrogen) atoms. The normalized spacial score (nSPS) is 35.3. The Balaban J connectivity index is 2.02. The minimum absolute atomic E-state index is 0.0182. The molecular weight excluding hydrogens is 232 g/mol. The molecule has 0 aliphatic carbocycles. The van der Waals surface area contributed by atoms with Crippen molar-refractivity contribution in [2.45, 2.75) is 24.6 Å². The van der Waals surface area contributed by atoms with Crippen molar-refractivity contribution in [1.82, 2.24) is 10.6 Å². The largest absolute Gasteiger partial charge is 0.381 e. The quantitative estimate of drug-likeness (QED) is 0.589. The zero-order chi connectivity index (χ0) is 10.8. The van der Waals surface area contributed by atoms with E-state index in [1.165, 1.54) is 10.6 Å². The first-order valence-electron chi connectivity index (χ1n) is 5.33. The fourth-order valence-electron chi connectivity index (χ4n) is 1.96. The standard InChI is InChI=1S/C10H17ClN2OS/c1-3-14-4-7-6(2)8-9(11)12-5-13-10(8)15-7/h6-7,9,12-13H,3-5H2,1-2H3/t6-,7+,9+/m1/s1. The molecular formula is C10H17ClN2OS. The molecule has 2 rings (SSSR count). The van der Waals surface area contributed by atoms with E-state index in [2.05, 4.69) is 17.6 Å². The lowest BCUT2D eigenvalue weighted by Gasteiger charge is -2.24. The molecule has 0 unspecified atom stereocenters. The fourth-order valence-corrected chi connectivity index (χ4v) is 3.82. The molecule has 0 amide bonds. The molecule has 3 nitrogen and oxygen atoms in total. The van der Waals surface area contributed by atoms with Gasteiger partial charge in [0.05, 0.1) is 18.3 Å². The molecule has 0 spiro atoms. The Morgan fingerprint density at radius 1 is 1.60 bits per heavy atom. The number of hydrogen-bond acceptors (Lipinski definition) is 4. The minimum atomic E-state index is -0.0182. The van der Waals surface area contributed by atoms with Crippen LogP contribution in [0.5, 0.6) is 0 Å². The van der Waals surface area contributed by atoms with Gasteiger partial charge in [-0.3, -0.25) is 5.32 Å². The van der Waals surface area contributed by atoms with E-state index in [4.69, 9.17) is 16.3 Å². The van der Waals surface area contributed by atoms with Crippen LogP contribution in [0.25, 0.3) is 0 Å². The lowest BCUT2D eigenvalue weighted by molar-refractivity contribution is 0.142. The van der Waals surface area contributed by atoms with Gasteiger partial charge in [-0.1, -0.05) is 6.92 Å². The number of alkyl halides is 1. The molecule has 0 fully saturated rings. The van der Waals surface area contributed by atoms with E-state index in [1.54, 1.807) is 0 Å². The Kier molecular flexibility index (Phi) is 3.83. The van der Waals surface area contributed by atoms with E-state index in [9.17, 15) is 0 Å². The second-order valence-corrected chi connectivity index (χ2v) is 5.50. The van der Waals surface area contributed by atoms with Gasteiger partial charge in [-0.05, 0) is 18.4 Å². The summed E-state index contributed by atoms with van der Waals surface area (Å²) in [6.45, 7) is 6.60. The van der Waals surface area contributed by atoms with Crippen LogP contribution in [0, 0.1) is 5.92 Å². The van der Waals surface area contributed by atoms with Crippen LogP contribution in [-0.2, 0) is 4.74 Å². The van der Waals surface area contributed by atoms with Crippen molar-refractivity contribution in [2.24, 2.45) is 5.92 Å². The van der Waals surface area contributed by atoms with Crippen LogP contribution >= 0.6 is 23.4 Å². The molecule has 2 aliphatic heterocycles. The predicted octanol–water partition coefficient (Wildman–Crippen LogP) is 1.70. The Bertz CT molecular complexity index is 272. The summed E-state index contributed by atoms with van der Waals surface area (Å²) in [6.07, 6.45) is 0. The molecule has 0 aromatic carbocycles. The monoisotopic (exact) mass is 248 g/mol. The van der Waals surface area contributed by atoms with Crippen molar-refractivity contribution in [3.63, 3.8) is 0 Å². The zero-order valence-corrected chi connectivity index (χ0v) is 10.6. The summed E-state index contributed by atoms with van der Waals surface area (Å²) in [5.41, 5.74) is 1.29. The van der Waals surface area contributed by atoms with Gasteiger partial charge in [-0.25, -0.2) is 0 Å². The van der Waals surface area contributed by atoms with Gasteiger partial charge >= 0.3 is 0 Å². The number of thioether (sulfide) groups is 1. The molecule has 0 bridgehead atoms. The van der Waals surface area contributed by atoms with Gasteiger partial charge < -0.3 is 10.1 Å². The highest BCUT2D eigenvalue weighted by molar-refractivity contribution is 8.03. The average Bonchev–Trinajstić information content (AvgIpc) is 2.54. The van der Waals surface area contributed by atoms with E-state index < -0.39 is 0 Å². The molecule has 0 aromatic rings. The second kappa shape index (κ2) is 4.95. The number of ether oxygens (including phenoxy) is 1. The fraction of sp³-hybridized carbons (Fsp3) is 0.800. The van der Waals surface area contributed by atoms with E-state index in [-0.39, 0.29) is 5.50 Å². The van der Waals surface area contributed by atoms with Crippen LogP contribution in [0.15, 0.2) is 10.6 Å². The van der Waals surface area contributed by atoms with Crippen molar-refractivity contribution >= 4 is 23.4 Å². The number of nitrogens with one attached hydrogen (secondary N) is 2. The highest BCUT2D eigenvalue weighted by atomic mass is 35.5. The van der Waals surface area contributed by atoms with Crippen molar-refractivity contribution in [3.05, 3.63) is 10.6 Å². The van der Waals surface area contributed by atoms with Gasteiger partial charge in [0, 0.05) is 11.9 Å². The Morgan fingerprint density at radius 2 is 2.40 bits per heavy atom. The van der Waals surface area contributed by atoms with Gasteiger partial charge in [0.1, 0.15) is 5.50 Å². The number of rotatable bonds is 3. The minimum Gasteiger partial charge on any atom is -0.381 e. The maximum atomic E-state index is 6.25. The molecule has 0 radical (unpaired) electrons. The summed E-state index contributed by atoms with van der Waals surface area (Å²) in [4.78, 5) is 0. The molecule has 2 heterocycles. The molecule has 0 saturated heterocycles. The van der Waals surface area contributed by atoms with Crippen molar-refractivity contribution in [3.8, 4) is 0 Å². The summed E-state index contributed by atoms with van der Waals surface area (Å²) in [7, 11) is 0. The van der Waals surface area contributed by atoms with Gasteiger partial charge in [0.15, 0.2) is 0 Å². The molecule has 86 valence electrons. The van der Waals surface area contributed by atoms with E-state index in [0.717, 1.165) is 19.9 Å². The van der Waals surface area contributed by atoms with Gasteiger partial charge in [-0.2, -0.15) is 0 Å². The molecule has 5 heteroatoms. The van der Waals surface area contributed by atoms with Crippen molar-refractivity contribution < 1.29 is 4.74 Å². The number of hydrogen-bond donors (Lipinski definition) is 2. The molecule has 3 atom stereocenters. The summed E-state index contributed by atoms with van der Waals surface area (Å²) in [6, 6.07) is 0. The van der Waals surface area contributed by atoms with Crippen LogP contribution in [0.2, 0.25) is 0 Å². The first kappa shape index (κ1) is 11.6. The highest BCUT2D eigenvalue weighted by Gasteiger charge is 2.37. The van der Waals surface area contributed by atoms with E-state index in [1.807, 2.05) is 18.7 Å². The highest BCUT2D eigenvalue weighted by Crippen LogP contribution is 2.43. The van der Waals surface area contributed by atoms with Crippen LogP contribution in [0.1, 0.15) is 13.8 Å². The van der Waals surface area contributed by atoms with Gasteiger partial charge in [-0.15, -0.1) is 23.4 Å². The zero-order valence-electron chi connectivity index (χ0n) is 9.05. The third-order valence-corrected chi connectivity index (χ3v) is 4.72. The third kappa shape index (κ3) is 2.28. The topological polar surface area (TPSA) is 33.3 Å². The van der Waals surface area contributed by atoms with Crippen molar-refractivity contribution in [1.29, 1.82) is 0 Å². The maximum Gasteiger partial charge on any atom is 0.109 e. The molecule has 2 aliphatic rings. The first-order valence-corrected chi connectivity index (χ1v) is 6.65. The van der Waals surface area contributed by atoms with E-state index >= 15 is 0 Å². The Morgan fingerprint density at radius 3 is 3.07 bits per heavy atom. The lowest BCUT2D eigenvalue weighted by atomic mass is 9.98. The summed E-state index contributed by atoms with van der Waals surface area (Å²) in [5.74, 6) is 0.486. The molecule has 0 aromatic heterocycles. The van der Waals surface area contributed by atoms with Crippen LogP contribution in [0.3, 0.4) is 0 Å².